The molecule has 0 saturated heterocycles. The van der Waals surface area contributed by atoms with Gasteiger partial charge < -0.3 is 0 Å². The molecule has 25 heavy (non-hydrogen) atoms. The predicted molar refractivity (Wildman–Crippen MR) is 95.9 cm³/mol. The highest BCUT2D eigenvalue weighted by molar-refractivity contribution is 7.90. The van der Waals surface area contributed by atoms with E-state index in [0.29, 0.717) is 10.5 Å². The maximum absolute atomic E-state index is 14.2. The molecule has 0 aliphatic rings. The fourth-order valence-corrected chi connectivity index (χ4v) is 4.67. The molecule has 0 aliphatic carbocycles. The molecule has 1 unspecified atom stereocenters. The van der Waals surface area contributed by atoms with E-state index in [1.165, 1.54) is 36.7 Å². The molecule has 0 spiro atoms. The van der Waals surface area contributed by atoms with Crippen molar-refractivity contribution in [2.75, 3.05) is 6.26 Å². The van der Waals surface area contributed by atoms with Crippen molar-refractivity contribution >= 4 is 20.8 Å². The zero-order valence-electron chi connectivity index (χ0n) is 13.6. The van der Waals surface area contributed by atoms with Gasteiger partial charge in [0.25, 0.3) is 10.0 Å². The number of benzene rings is 2. The summed E-state index contributed by atoms with van der Waals surface area (Å²) < 4.78 is 53.0. The first-order chi connectivity index (χ1) is 11.8. The van der Waals surface area contributed by atoms with Crippen LogP contribution in [-0.4, -0.2) is 22.9 Å². The van der Waals surface area contributed by atoms with Crippen molar-refractivity contribution in [2.45, 2.75) is 16.7 Å². The van der Waals surface area contributed by atoms with Crippen LogP contribution in [0.25, 0.3) is 11.3 Å². The lowest BCUT2D eigenvalue weighted by Crippen LogP contribution is -2.14. The summed E-state index contributed by atoms with van der Waals surface area (Å²) in [6.45, 7) is 1.74. The molecule has 0 amide bonds. The van der Waals surface area contributed by atoms with Crippen LogP contribution in [0.2, 0.25) is 0 Å². The Morgan fingerprint density at radius 2 is 1.76 bits per heavy atom. The molecule has 2 aromatic carbocycles. The molecule has 0 aliphatic heterocycles. The van der Waals surface area contributed by atoms with Crippen LogP contribution in [0.3, 0.4) is 0 Å². The quantitative estimate of drug-likeness (QED) is 0.698. The molecular formula is C18H16FNO3S2. The average molecular weight is 377 g/mol. The van der Waals surface area contributed by atoms with E-state index in [-0.39, 0.29) is 16.2 Å². The predicted octanol–water partition coefficient (Wildman–Crippen LogP) is 3.58. The molecule has 3 aromatic rings. The Bertz CT molecular complexity index is 1070. The van der Waals surface area contributed by atoms with Crippen LogP contribution in [0.15, 0.2) is 70.6 Å². The van der Waals surface area contributed by atoms with Gasteiger partial charge in [-0.2, -0.15) is 0 Å². The van der Waals surface area contributed by atoms with Gasteiger partial charge in [-0.1, -0.05) is 18.2 Å². The lowest BCUT2D eigenvalue weighted by Gasteiger charge is -2.12. The minimum Gasteiger partial charge on any atom is -0.255 e. The number of nitrogens with zero attached hydrogens (tertiary/aromatic N) is 1. The molecule has 7 heteroatoms. The standard InChI is InChI=1S/C18H16FNO3S2/c1-13-10-18(16-8-3-4-9-17(16)19)20(12-13)25(22,23)15-7-5-6-14(11-15)24(2)21/h3-12H,1-2H3. The number of aryl methyl sites for hydroxylation is 1. The van der Waals surface area contributed by atoms with Crippen molar-refractivity contribution < 1.29 is 17.0 Å². The molecule has 0 radical (unpaired) electrons. The largest absolute Gasteiger partial charge is 0.268 e. The second-order valence-electron chi connectivity index (χ2n) is 5.61. The summed E-state index contributed by atoms with van der Waals surface area (Å²) in [7, 11) is -5.26. The molecule has 0 N–H and O–H groups in total. The van der Waals surface area contributed by atoms with Gasteiger partial charge in [-0.15, -0.1) is 0 Å². The molecule has 0 fully saturated rings. The average Bonchev–Trinajstić information content (AvgIpc) is 2.98. The summed E-state index contributed by atoms with van der Waals surface area (Å²) in [5.74, 6) is -0.500. The van der Waals surface area contributed by atoms with Gasteiger partial charge in [0.15, 0.2) is 0 Å². The summed E-state index contributed by atoms with van der Waals surface area (Å²) in [6, 6.07) is 13.6. The highest BCUT2D eigenvalue weighted by Crippen LogP contribution is 2.29. The first-order valence-electron chi connectivity index (χ1n) is 7.43. The van der Waals surface area contributed by atoms with Crippen LogP contribution >= 0.6 is 0 Å². The normalized spacial score (nSPS) is 12.9. The van der Waals surface area contributed by atoms with E-state index in [1.807, 2.05) is 0 Å². The van der Waals surface area contributed by atoms with Crippen LogP contribution in [0.4, 0.5) is 4.39 Å². The molecule has 3 rings (SSSR count). The van der Waals surface area contributed by atoms with Crippen LogP contribution in [-0.2, 0) is 20.8 Å². The minimum absolute atomic E-state index is 0.00777. The lowest BCUT2D eigenvalue weighted by atomic mass is 10.1. The number of hydrogen-bond donors (Lipinski definition) is 0. The maximum Gasteiger partial charge on any atom is 0.268 e. The Morgan fingerprint density at radius 1 is 1.04 bits per heavy atom. The van der Waals surface area contributed by atoms with Gasteiger partial charge in [-0.05, 0) is 48.9 Å². The third-order valence-corrected chi connectivity index (χ3v) is 6.35. The zero-order valence-corrected chi connectivity index (χ0v) is 15.3. The van der Waals surface area contributed by atoms with Crippen molar-refractivity contribution in [1.29, 1.82) is 0 Å². The van der Waals surface area contributed by atoms with Gasteiger partial charge >= 0.3 is 0 Å². The smallest absolute Gasteiger partial charge is 0.255 e. The molecule has 0 bridgehead atoms. The van der Waals surface area contributed by atoms with Gasteiger partial charge in [0.2, 0.25) is 0 Å². The number of halogens is 1. The van der Waals surface area contributed by atoms with Gasteiger partial charge in [-0.25, -0.2) is 16.8 Å². The minimum atomic E-state index is -3.95. The van der Waals surface area contributed by atoms with E-state index in [2.05, 4.69) is 0 Å². The van der Waals surface area contributed by atoms with E-state index in [9.17, 15) is 17.0 Å². The fraction of sp³-hybridized carbons (Fsp3) is 0.111. The summed E-state index contributed by atoms with van der Waals surface area (Å²) >= 11 is 0. The van der Waals surface area contributed by atoms with E-state index >= 15 is 0 Å². The molecule has 4 nitrogen and oxygen atoms in total. The molecule has 0 saturated carbocycles. The van der Waals surface area contributed by atoms with Crippen LogP contribution < -0.4 is 0 Å². The van der Waals surface area contributed by atoms with Crippen molar-refractivity contribution in [3.05, 3.63) is 72.2 Å². The van der Waals surface area contributed by atoms with E-state index in [1.54, 1.807) is 37.3 Å². The highest BCUT2D eigenvalue weighted by Gasteiger charge is 2.23. The Morgan fingerprint density at radius 3 is 2.44 bits per heavy atom. The first-order valence-corrected chi connectivity index (χ1v) is 10.4. The van der Waals surface area contributed by atoms with Crippen molar-refractivity contribution in [3.63, 3.8) is 0 Å². The fourth-order valence-electron chi connectivity index (χ4n) is 2.56. The second-order valence-corrected chi connectivity index (χ2v) is 8.81. The van der Waals surface area contributed by atoms with Crippen LogP contribution in [0, 0.1) is 12.7 Å². The summed E-state index contributed by atoms with van der Waals surface area (Å²) in [6.07, 6.45) is 2.93. The van der Waals surface area contributed by atoms with Gasteiger partial charge in [0.05, 0.1) is 10.6 Å². The monoisotopic (exact) mass is 377 g/mol. The summed E-state index contributed by atoms with van der Waals surface area (Å²) in [5.41, 5.74) is 1.14. The third-order valence-electron chi connectivity index (χ3n) is 3.77. The molecular weight excluding hydrogens is 361 g/mol. The van der Waals surface area contributed by atoms with Gasteiger partial charge in [0.1, 0.15) is 5.82 Å². The second kappa shape index (κ2) is 6.57. The Labute approximate surface area is 148 Å². The molecule has 1 heterocycles. The van der Waals surface area contributed by atoms with Crippen molar-refractivity contribution in [2.24, 2.45) is 0 Å². The number of aromatic nitrogens is 1. The van der Waals surface area contributed by atoms with Gasteiger partial charge in [0, 0.05) is 33.7 Å². The Kier molecular flexibility index (Phi) is 4.62. The van der Waals surface area contributed by atoms with Crippen LogP contribution in [0.1, 0.15) is 5.56 Å². The number of hydrogen-bond acceptors (Lipinski definition) is 3. The first kappa shape index (κ1) is 17.6. The van der Waals surface area contributed by atoms with E-state index in [0.717, 1.165) is 3.97 Å². The maximum atomic E-state index is 14.2. The summed E-state index contributed by atoms with van der Waals surface area (Å²) in [4.78, 5) is 0.422. The van der Waals surface area contributed by atoms with Crippen LogP contribution in [0.5, 0.6) is 0 Å². The molecule has 1 aromatic heterocycles. The number of rotatable bonds is 4. The van der Waals surface area contributed by atoms with Crippen molar-refractivity contribution in [1.82, 2.24) is 3.97 Å². The summed E-state index contributed by atoms with van der Waals surface area (Å²) in [5, 5.41) is 0. The molecule has 130 valence electrons. The Hall–Kier alpha value is -2.25. The van der Waals surface area contributed by atoms with E-state index in [4.69, 9.17) is 0 Å². The highest BCUT2D eigenvalue weighted by atomic mass is 32.2. The Balaban J connectivity index is 2.22. The zero-order chi connectivity index (χ0) is 18.2. The van der Waals surface area contributed by atoms with E-state index < -0.39 is 26.6 Å². The van der Waals surface area contributed by atoms with Gasteiger partial charge in [-0.3, -0.25) is 4.21 Å². The van der Waals surface area contributed by atoms with Crippen molar-refractivity contribution in [3.8, 4) is 11.3 Å². The SMILES string of the molecule is Cc1cc(-c2ccccc2F)n(S(=O)(=O)c2cccc(S(C)=O)c2)c1. The lowest BCUT2D eigenvalue weighted by molar-refractivity contribution is 0.587. The third kappa shape index (κ3) is 3.29. The topological polar surface area (TPSA) is 56.1 Å². The molecule has 1 atom stereocenters.